The summed E-state index contributed by atoms with van der Waals surface area (Å²) in [4.78, 5) is 5.04. The van der Waals surface area contributed by atoms with Gasteiger partial charge in [0.2, 0.25) is 0 Å². The molecule has 0 saturated carbocycles. The van der Waals surface area contributed by atoms with E-state index in [0.717, 1.165) is 55.3 Å². The normalized spacial score (nSPS) is 11.1. The van der Waals surface area contributed by atoms with E-state index in [1.54, 1.807) is 7.11 Å². The summed E-state index contributed by atoms with van der Waals surface area (Å²) in [6.45, 7) is 13.6. The van der Waals surface area contributed by atoms with Gasteiger partial charge in [0, 0.05) is 21.7 Å². The quantitative estimate of drug-likeness (QED) is 0.0918. The zero-order valence-electron chi connectivity index (χ0n) is 27.0. The summed E-state index contributed by atoms with van der Waals surface area (Å²) in [5.41, 5.74) is 6.68. The fraction of sp³-hybridized carbons (Fsp3) is 0.119. The molecule has 0 fully saturated rings. The Hall–Kier alpha value is -4.24. The van der Waals surface area contributed by atoms with Crippen LogP contribution in [0.3, 0.4) is 0 Å². The Kier molecular flexibility index (Phi) is 11.8. The third kappa shape index (κ3) is 7.84. The number of benzene rings is 5. The molecule has 6 aromatic rings. The van der Waals surface area contributed by atoms with E-state index in [1.165, 1.54) is 5.56 Å². The van der Waals surface area contributed by atoms with Crippen molar-refractivity contribution in [1.29, 1.82) is 0 Å². The largest absolute Gasteiger partial charge is 3.00 e. The van der Waals surface area contributed by atoms with Crippen LogP contribution in [0.2, 0.25) is 0 Å². The molecule has 0 amide bonds. The fourth-order valence-electron chi connectivity index (χ4n) is 5.31. The van der Waals surface area contributed by atoms with Gasteiger partial charge in [-0.25, -0.2) is 0 Å². The van der Waals surface area contributed by atoms with Crippen LogP contribution in [0.1, 0.15) is 26.3 Å². The first kappa shape index (κ1) is 35.6. The van der Waals surface area contributed by atoms with Crippen LogP contribution in [-0.4, -0.2) is 12.1 Å². The molecular weight excluding hydrogens is 778 g/mol. The Bertz CT molecular complexity index is 1890. The average molecular weight is 816 g/mol. The van der Waals surface area contributed by atoms with Crippen LogP contribution < -0.4 is 20.7 Å². The number of methoxy groups -OCH3 is 1. The molecule has 0 spiro atoms. The first-order valence-corrected chi connectivity index (χ1v) is 16.8. The van der Waals surface area contributed by atoms with Crippen LogP contribution in [0, 0.1) is 18.7 Å². The number of pyridine rings is 1. The van der Waals surface area contributed by atoms with E-state index in [-0.39, 0.29) is 27.8 Å². The van der Waals surface area contributed by atoms with Crippen LogP contribution in [0.4, 0.5) is 0 Å². The number of hydrogen-bond donors (Lipinski definition) is 0. The van der Waals surface area contributed by atoms with Gasteiger partial charge >= 0.3 is 22.4 Å². The van der Waals surface area contributed by atoms with Crippen LogP contribution in [0.5, 0.6) is 5.75 Å². The molecule has 0 atom stereocenters. The van der Waals surface area contributed by atoms with Crippen molar-refractivity contribution in [2.75, 3.05) is 7.11 Å². The first-order valence-electron chi connectivity index (χ1n) is 15.1. The molecule has 1 aromatic heterocycles. The molecule has 0 saturated heterocycles. The number of rotatable bonds is 7. The summed E-state index contributed by atoms with van der Waals surface area (Å²) >= 11 is 0. The average Bonchev–Trinajstić information content (AvgIpc) is 3.12. The Morgan fingerprint density at radius 3 is 1.57 bits per heavy atom. The molecule has 6 rings (SSSR count). The van der Waals surface area contributed by atoms with E-state index in [1.807, 2.05) is 91.0 Å². The van der Waals surface area contributed by atoms with Crippen LogP contribution >= 0.6 is 7.14 Å². The summed E-state index contributed by atoms with van der Waals surface area (Å²) < 4.78 is 20.2. The molecule has 0 N–H and O–H groups in total. The zero-order valence-corrected chi connectivity index (χ0v) is 30.1. The molecule has 5 heteroatoms. The zero-order chi connectivity index (χ0) is 32.7. The molecule has 5 aromatic carbocycles. The molecule has 0 aliphatic heterocycles. The van der Waals surface area contributed by atoms with Crippen molar-refractivity contribution in [2.45, 2.75) is 26.2 Å². The van der Waals surface area contributed by atoms with Gasteiger partial charge < -0.3 is 20.9 Å². The van der Waals surface area contributed by atoms with Crippen molar-refractivity contribution in [1.82, 2.24) is 4.98 Å². The van der Waals surface area contributed by atoms with Gasteiger partial charge in [0.15, 0.2) is 7.14 Å². The number of nitrogens with zero attached hydrogens (tertiary/aromatic N) is 1. The minimum Gasteiger partial charge on any atom is -0.540 e. The van der Waals surface area contributed by atoms with E-state index in [2.05, 4.69) is 88.5 Å². The van der Waals surface area contributed by atoms with Gasteiger partial charge in [0.25, 0.3) is 0 Å². The maximum absolute atomic E-state index is 14.9. The molecule has 0 unspecified atom stereocenters. The van der Waals surface area contributed by atoms with E-state index in [0.29, 0.717) is 0 Å². The smallest absolute Gasteiger partial charge is 0.540 e. The SMILES string of the molecule is COc1c[c-]c(-c2cc(-c3ccc(P(=O)(c4ccccc4)c4ccccc4)cc3)cc(-c3[c-]cc(C(C)(C)C)cc3)n2)cc1.[Au+3].[CH-]=C. The van der Waals surface area contributed by atoms with Crippen molar-refractivity contribution in [2.24, 2.45) is 0 Å². The van der Waals surface area contributed by atoms with Crippen molar-refractivity contribution in [3.63, 3.8) is 0 Å². The maximum Gasteiger partial charge on any atom is 3.00 e. The Morgan fingerprint density at radius 2 is 1.15 bits per heavy atom. The number of aromatic nitrogens is 1. The second-order valence-electron chi connectivity index (χ2n) is 11.8. The van der Waals surface area contributed by atoms with Gasteiger partial charge in [-0.3, -0.25) is 6.58 Å². The summed E-state index contributed by atoms with van der Waals surface area (Å²) in [5, 5.41) is 2.43. The first-order chi connectivity index (χ1) is 22.3. The van der Waals surface area contributed by atoms with E-state index in [4.69, 9.17) is 9.72 Å². The fourth-order valence-corrected chi connectivity index (χ4v) is 7.95. The topological polar surface area (TPSA) is 39.2 Å². The minimum atomic E-state index is -3.06. The summed E-state index contributed by atoms with van der Waals surface area (Å²) in [7, 11) is -1.42. The third-order valence-corrected chi connectivity index (χ3v) is 11.0. The standard InChI is InChI=1S/C40H34NO2P.C2H3.Au/c1-40(2,3)33-21-15-30(16-22-33)38-27-32(28-39(41-38)31-17-23-34(43-4)24-18-31)29-19-25-37(26-20-29)44(42,35-11-7-5-8-12-35)36-13-9-6-10-14-36;1-2;/h5-15,17,19-28H,1-4H3;1H,2H2;/q-2;-1;+3. The molecule has 0 aliphatic rings. The second kappa shape index (κ2) is 15.6. The molecule has 1 heterocycles. The van der Waals surface area contributed by atoms with E-state index in [9.17, 15) is 4.57 Å². The predicted octanol–water partition coefficient (Wildman–Crippen LogP) is 9.23. The van der Waals surface area contributed by atoms with Crippen LogP contribution in [0.25, 0.3) is 33.6 Å². The minimum absolute atomic E-state index is 0. The number of hydrogen-bond acceptors (Lipinski definition) is 3. The molecule has 0 aliphatic carbocycles. The van der Waals surface area contributed by atoms with Crippen molar-refractivity contribution < 1.29 is 31.7 Å². The maximum atomic E-state index is 14.9. The van der Waals surface area contributed by atoms with Gasteiger partial charge in [-0.15, -0.1) is 65.2 Å². The predicted molar refractivity (Wildman–Crippen MR) is 193 cm³/mol. The van der Waals surface area contributed by atoms with Gasteiger partial charge in [-0.05, 0) is 27.9 Å². The molecule has 3 nitrogen and oxygen atoms in total. The Morgan fingerprint density at radius 1 is 0.660 bits per heavy atom. The van der Waals surface area contributed by atoms with Crippen molar-refractivity contribution >= 4 is 23.1 Å². The molecule has 0 bridgehead atoms. The van der Waals surface area contributed by atoms with Crippen molar-refractivity contribution in [3.05, 3.63) is 164 Å². The molecule has 0 radical (unpaired) electrons. The van der Waals surface area contributed by atoms with E-state index >= 15 is 0 Å². The van der Waals surface area contributed by atoms with Gasteiger partial charge in [-0.1, -0.05) is 118 Å². The monoisotopic (exact) mass is 815 g/mol. The summed E-state index contributed by atoms with van der Waals surface area (Å²) in [6, 6.07) is 50.6. The van der Waals surface area contributed by atoms with Crippen molar-refractivity contribution in [3.8, 4) is 39.4 Å². The van der Waals surface area contributed by atoms with Crippen LogP contribution in [0.15, 0.2) is 140 Å². The molecular formula is C42H37AuNO2P. The molecule has 47 heavy (non-hydrogen) atoms. The second-order valence-corrected chi connectivity index (χ2v) is 14.6. The Labute approximate surface area is 295 Å². The summed E-state index contributed by atoms with van der Waals surface area (Å²) in [5.74, 6) is 0.744. The Balaban J connectivity index is 0.00000164. The number of ether oxygens (including phenoxy) is 1. The summed E-state index contributed by atoms with van der Waals surface area (Å²) in [6.07, 6.45) is 0. The van der Waals surface area contributed by atoms with Gasteiger partial charge in [-0.2, -0.15) is 0 Å². The van der Waals surface area contributed by atoms with Gasteiger partial charge in [0.1, 0.15) is 0 Å². The molecule has 238 valence electrons. The third-order valence-electron chi connectivity index (χ3n) is 7.88. The van der Waals surface area contributed by atoms with Crippen LogP contribution in [-0.2, 0) is 32.4 Å². The van der Waals surface area contributed by atoms with E-state index < -0.39 is 7.14 Å². The van der Waals surface area contributed by atoms with Gasteiger partial charge in [0.05, 0.1) is 7.11 Å².